The van der Waals surface area contributed by atoms with Gasteiger partial charge in [-0.25, -0.2) is 0 Å². The number of amides is 1. The van der Waals surface area contributed by atoms with E-state index in [9.17, 15) is 4.79 Å². The Hall–Kier alpha value is -2.37. The van der Waals surface area contributed by atoms with Crippen molar-refractivity contribution in [2.75, 3.05) is 13.1 Å². The smallest absolute Gasteiger partial charge is 0.253 e. The van der Waals surface area contributed by atoms with E-state index in [1.807, 2.05) is 35.2 Å². The molecule has 6 heteroatoms. The number of benzene rings is 1. The molecule has 0 saturated carbocycles. The van der Waals surface area contributed by atoms with Gasteiger partial charge in [-0.2, -0.15) is 0 Å². The van der Waals surface area contributed by atoms with Crippen molar-refractivity contribution in [3.8, 4) is 5.75 Å². The maximum absolute atomic E-state index is 12.3. The summed E-state index contributed by atoms with van der Waals surface area (Å²) >= 11 is 0. The van der Waals surface area contributed by atoms with Gasteiger partial charge in [0, 0.05) is 19.5 Å². The molecule has 1 saturated heterocycles. The van der Waals surface area contributed by atoms with Crippen LogP contribution in [0.5, 0.6) is 5.75 Å². The first kappa shape index (κ1) is 17.5. The first-order valence-electron chi connectivity index (χ1n) is 8.89. The highest BCUT2D eigenvalue weighted by molar-refractivity contribution is 5.76. The fourth-order valence-corrected chi connectivity index (χ4v) is 3.04. The first-order valence-corrected chi connectivity index (χ1v) is 8.89. The van der Waals surface area contributed by atoms with Gasteiger partial charge in [0.15, 0.2) is 6.61 Å². The number of carbonyl (C=O) groups is 1. The molecule has 1 aromatic carbocycles. The van der Waals surface area contributed by atoms with Crippen molar-refractivity contribution >= 4 is 5.91 Å². The number of nitrogens with zero attached hydrogens (tertiary/aromatic N) is 3. The number of hydrogen-bond acceptors (Lipinski definition) is 5. The van der Waals surface area contributed by atoms with Gasteiger partial charge in [-0.05, 0) is 30.9 Å². The highest BCUT2D eigenvalue weighted by Gasteiger charge is 2.28. The lowest BCUT2D eigenvalue weighted by Gasteiger charge is -2.31. The van der Waals surface area contributed by atoms with Crippen LogP contribution in [-0.4, -0.2) is 34.1 Å². The van der Waals surface area contributed by atoms with Crippen molar-refractivity contribution in [1.29, 1.82) is 0 Å². The Bertz CT molecular complexity index is 684. The molecule has 0 radical (unpaired) electrons. The predicted octanol–water partition coefficient (Wildman–Crippen LogP) is 3.40. The van der Waals surface area contributed by atoms with Gasteiger partial charge in [0.1, 0.15) is 5.75 Å². The van der Waals surface area contributed by atoms with Crippen molar-refractivity contribution in [1.82, 2.24) is 15.1 Å². The van der Waals surface area contributed by atoms with E-state index in [-0.39, 0.29) is 18.4 Å². The zero-order valence-electron chi connectivity index (χ0n) is 14.9. The Morgan fingerprint density at radius 2 is 2.12 bits per heavy atom. The molecule has 0 bridgehead atoms. The molecule has 6 nitrogen and oxygen atoms in total. The van der Waals surface area contributed by atoms with E-state index in [4.69, 9.17) is 9.15 Å². The molecule has 1 amide bonds. The number of para-hydroxylation sites is 1. The van der Waals surface area contributed by atoms with Crippen molar-refractivity contribution in [3.63, 3.8) is 0 Å². The second-order valence-electron chi connectivity index (χ2n) is 6.91. The third kappa shape index (κ3) is 4.81. The number of rotatable bonds is 6. The minimum absolute atomic E-state index is 0.114. The van der Waals surface area contributed by atoms with Gasteiger partial charge in [-0.1, -0.05) is 32.0 Å². The van der Waals surface area contributed by atoms with Crippen LogP contribution in [0.4, 0.5) is 0 Å². The number of aromatic nitrogens is 2. The molecule has 0 N–H and O–H groups in total. The molecule has 3 rings (SSSR count). The minimum atomic E-state index is 0.114. The topological polar surface area (TPSA) is 68.5 Å². The van der Waals surface area contributed by atoms with Gasteiger partial charge < -0.3 is 14.1 Å². The van der Waals surface area contributed by atoms with Crippen LogP contribution in [0.15, 0.2) is 34.7 Å². The average Bonchev–Trinajstić information content (AvgIpc) is 3.09. The van der Waals surface area contributed by atoms with E-state index in [0.29, 0.717) is 30.7 Å². The van der Waals surface area contributed by atoms with E-state index in [2.05, 4.69) is 24.0 Å². The fourth-order valence-electron chi connectivity index (χ4n) is 3.04. The molecule has 134 valence electrons. The molecule has 0 spiro atoms. The van der Waals surface area contributed by atoms with Crippen molar-refractivity contribution in [2.24, 2.45) is 5.92 Å². The normalized spacial score (nSPS) is 17.7. The van der Waals surface area contributed by atoms with Crippen LogP contribution < -0.4 is 4.74 Å². The fraction of sp³-hybridized carbons (Fsp3) is 0.526. The summed E-state index contributed by atoms with van der Waals surface area (Å²) in [6.45, 7) is 5.86. The zero-order valence-corrected chi connectivity index (χ0v) is 14.9. The van der Waals surface area contributed by atoms with E-state index < -0.39 is 0 Å². The summed E-state index contributed by atoms with van der Waals surface area (Å²) in [6.07, 6.45) is 2.52. The molecule has 1 unspecified atom stereocenters. The van der Waals surface area contributed by atoms with Gasteiger partial charge in [0.25, 0.3) is 5.89 Å². The summed E-state index contributed by atoms with van der Waals surface area (Å²) in [5, 5.41) is 8.25. The minimum Gasteiger partial charge on any atom is -0.484 e. The third-order valence-electron chi connectivity index (χ3n) is 4.29. The Morgan fingerprint density at radius 1 is 1.32 bits per heavy atom. The van der Waals surface area contributed by atoms with Gasteiger partial charge in [0.05, 0.1) is 5.92 Å². The molecular weight excluding hydrogens is 318 g/mol. The molecule has 25 heavy (non-hydrogen) atoms. The van der Waals surface area contributed by atoms with Crippen LogP contribution in [0.3, 0.4) is 0 Å². The molecule has 1 aromatic heterocycles. The largest absolute Gasteiger partial charge is 0.484 e. The second kappa shape index (κ2) is 8.14. The molecule has 1 aliphatic heterocycles. The van der Waals surface area contributed by atoms with Crippen LogP contribution >= 0.6 is 0 Å². The number of ether oxygens (including phenoxy) is 1. The average molecular weight is 343 g/mol. The number of piperidine rings is 1. The number of likely N-dealkylation sites (tertiary alicyclic amines) is 1. The van der Waals surface area contributed by atoms with Gasteiger partial charge in [-0.3, -0.25) is 4.79 Å². The lowest BCUT2D eigenvalue weighted by atomic mass is 9.97. The molecule has 1 fully saturated rings. The lowest BCUT2D eigenvalue weighted by molar-refractivity contribution is -0.133. The summed E-state index contributed by atoms with van der Waals surface area (Å²) in [6, 6.07) is 9.54. The van der Waals surface area contributed by atoms with Crippen LogP contribution in [0, 0.1) is 5.92 Å². The van der Waals surface area contributed by atoms with Crippen LogP contribution in [0.25, 0.3) is 0 Å². The van der Waals surface area contributed by atoms with Crippen LogP contribution in [0.1, 0.15) is 50.8 Å². The summed E-state index contributed by atoms with van der Waals surface area (Å²) in [7, 11) is 0. The van der Waals surface area contributed by atoms with E-state index in [1.54, 1.807) is 0 Å². The monoisotopic (exact) mass is 343 g/mol. The standard InChI is InChI=1S/C19H25N3O3/c1-14(2)11-18(23)22-10-6-7-15(12-22)19-21-20-17(25-19)13-24-16-8-4-3-5-9-16/h3-5,8-9,14-15H,6-7,10-13H2,1-2H3. The molecule has 2 aromatic rings. The number of hydrogen-bond donors (Lipinski definition) is 0. The van der Waals surface area contributed by atoms with Gasteiger partial charge >= 0.3 is 0 Å². The Labute approximate surface area is 148 Å². The van der Waals surface area contributed by atoms with Gasteiger partial charge in [0.2, 0.25) is 11.8 Å². The highest BCUT2D eigenvalue weighted by atomic mass is 16.5. The van der Waals surface area contributed by atoms with E-state index >= 15 is 0 Å². The van der Waals surface area contributed by atoms with Crippen molar-refractivity contribution in [2.45, 2.75) is 45.6 Å². The Balaban J connectivity index is 1.57. The second-order valence-corrected chi connectivity index (χ2v) is 6.91. The molecular formula is C19H25N3O3. The summed E-state index contributed by atoms with van der Waals surface area (Å²) in [4.78, 5) is 14.2. The third-order valence-corrected chi connectivity index (χ3v) is 4.29. The first-order chi connectivity index (χ1) is 12.1. The molecule has 1 atom stereocenters. The Kier molecular flexibility index (Phi) is 5.68. The quantitative estimate of drug-likeness (QED) is 0.804. The molecule has 1 aliphatic rings. The summed E-state index contributed by atoms with van der Waals surface area (Å²) < 4.78 is 11.4. The van der Waals surface area contributed by atoms with E-state index in [1.165, 1.54) is 0 Å². The van der Waals surface area contributed by atoms with Gasteiger partial charge in [-0.15, -0.1) is 10.2 Å². The number of carbonyl (C=O) groups excluding carboxylic acids is 1. The maximum atomic E-state index is 12.3. The van der Waals surface area contributed by atoms with Crippen molar-refractivity contribution in [3.05, 3.63) is 42.1 Å². The summed E-state index contributed by atoms with van der Waals surface area (Å²) in [5.74, 6) is 2.54. The lowest BCUT2D eigenvalue weighted by Crippen LogP contribution is -2.39. The Morgan fingerprint density at radius 3 is 2.88 bits per heavy atom. The summed E-state index contributed by atoms with van der Waals surface area (Å²) in [5.41, 5.74) is 0. The van der Waals surface area contributed by atoms with E-state index in [0.717, 1.165) is 25.1 Å². The maximum Gasteiger partial charge on any atom is 0.253 e. The van der Waals surface area contributed by atoms with Crippen LogP contribution in [0.2, 0.25) is 0 Å². The zero-order chi connectivity index (χ0) is 17.6. The molecule has 2 heterocycles. The van der Waals surface area contributed by atoms with Crippen molar-refractivity contribution < 1.29 is 13.9 Å². The SMILES string of the molecule is CC(C)CC(=O)N1CCCC(c2nnc(COc3ccccc3)o2)C1. The predicted molar refractivity (Wildman–Crippen MR) is 93.1 cm³/mol. The highest BCUT2D eigenvalue weighted by Crippen LogP contribution is 2.27. The van der Waals surface area contributed by atoms with Crippen LogP contribution in [-0.2, 0) is 11.4 Å². The molecule has 0 aliphatic carbocycles.